The average Bonchev–Trinajstić information content (AvgIpc) is 1.89. The maximum atomic E-state index is 9.25. The molecular weight excluding hydrogens is 175 g/mol. The Bertz CT molecular complexity index is 135. The molecule has 0 atom stereocenters. The molecule has 0 aromatic carbocycles. The van der Waals surface area contributed by atoms with E-state index in [0.29, 0.717) is 0 Å². The van der Waals surface area contributed by atoms with Crippen LogP contribution in [0.15, 0.2) is 25.3 Å². The SMILES string of the molecule is C=CC(=O)O.C=CC(=O)O.[KH]. The van der Waals surface area contributed by atoms with Crippen molar-refractivity contribution in [1.29, 1.82) is 0 Å². The summed E-state index contributed by atoms with van der Waals surface area (Å²) in [6.45, 7) is 5.92. The number of hydrogen-bond acceptors (Lipinski definition) is 2. The van der Waals surface area contributed by atoms with Gasteiger partial charge in [-0.3, -0.25) is 0 Å². The van der Waals surface area contributed by atoms with E-state index in [-0.39, 0.29) is 51.4 Å². The normalized spacial score (nSPS) is 5.82. The number of carboxylic acids is 2. The topological polar surface area (TPSA) is 74.6 Å². The molecule has 0 aliphatic rings. The van der Waals surface area contributed by atoms with Gasteiger partial charge < -0.3 is 10.2 Å². The van der Waals surface area contributed by atoms with Crippen molar-refractivity contribution in [3.8, 4) is 0 Å². The number of carbonyl (C=O) groups is 2. The zero-order valence-electron chi connectivity index (χ0n) is 5.28. The first-order valence-electron chi connectivity index (χ1n) is 2.25. The number of aliphatic carboxylic acids is 2. The van der Waals surface area contributed by atoms with E-state index in [1.165, 1.54) is 0 Å². The minimum absolute atomic E-state index is 0. The molecule has 0 aliphatic heterocycles. The van der Waals surface area contributed by atoms with Crippen LogP contribution in [-0.4, -0.2) is 73.5 Å². The Kier molecular flexibility index (Phi) is 19.9. The number of rotatable bonds is 2. The molecular formula is C6H9KO4. The van der Waals surface area contributed by atoms with Crippen LogP contribution in [0.25, 0.3) is 0 Å². The van der Waals surface area contributed by atoms with Crippen molar-refractivity contribution >= 4 is 63.3 Å². The van der Waals surface area contributed by atoms with E-state index in [1.54, 1.807) is 0 Å². The molecule has 0 saturated heterocycles. The summed E-state index contributed by atoms with van der Waals surface area (Å²) >= 11 is 0. The number of hydrogen-bond donors (Lipinski definition) is 2. The second-order valence-corrected chi connectivity index (χ2v) is 1.08. The van der Waals surface area contributed by atoms with E-state index in [9.17, 15) is 9.59 Å². The van der Waals surface area contributed by atoms with Gasteiger partial charge in [0.1, 0.15) is 0 Å². The molecule has 0 fully saturated rings. The van der Waals surface area contributed by atoms with Crippen LogP contribution in [0.2, 0.25) is 0 Å². The molecule has 0 aromatic rings. The van der Waals surface area contributed by atoms with Crippen molar-refractivity contribution in [2.45, 2.75) is 0 Å². The summed E-state index contributed by atoms with van der Waals surface area (Å²) in [6, 6.07) is 0. The molecule has 0 saturated carbocycles. The van der Waals surface area contributed by atoms with Gasteiger partial charge in [-0.1, -0.05) is 13.2 Å². The molecule has 0 amide bonds. The molecule has 5 heteroatoms. The quantitative estimate of drug-likeness (QED) is 0.463. The van der Waals surface area contributed by atoms with Crippen molar-refractivity contribution in [1.82, 2.24) is 0 Å². The van der Waals surface area contributed by atoms with E-state index in [0.717, 1.165) is 12.2 Å². The maximum absolute atomic E-state index is 9.25. The first-order chi connectivity index (χ1) is 4.54. The zero-order chi connectivity index (χ0) is 8.57. The monoisotopic (exact) mass is 184 g/mol. The summed E-state index contributed by atoms with van der Waals surface area (Å²) in [5, 5.41) is 15.2. The Balaban J connectivity index is -0.000000107. The molecule has 4 nitrogen and oxygen atoms in total. The van der Waals surface area contributed by atoms with Gasteiger partial charge in [0, 0.05) is 12.2 Å². The van der Waals surface area contributed by atoms with E-state index >= 15 is 0 Å². The van der Waals surface area contributed by atoms with Gasteiger partial charge in [0.15, 0.2) is 0 Å². The van der Waals surface area contributed by atoms with Gasteiger partial charge in [-0.05, 0) is 0 Å². The minimum atomic E-state index is -0.981. The molecule has 0 radical (unpaired) electrons. The first-order valence-corrected chi connectivity index (χ1v) is 2.25. The summed E-state index contributed by atoms with van der Waals surface area (Å²) in [7, 11) is 0. The van der Waals surface area contributed by atoms with Gasteiger partial charge in [-0.25, -0.2) is 9.59 Å². The summed E-state index contributed by atoms with van der Waals surface area (Å²) in [5.74, 6) is -1.96. The Morgan fingerprint density at radius 2 is 1.09 bits per heavy atom. The summed E-state index contributed by atoms with van der Waals surface area (Å²) in [6.07, 6.45) is 1.67. The second kappa shape index (κ2) is 12.7. The molecule has 0 aliphatic carbocycles. The van der Waals surface area contributed by atoms with Crippen LogP contribution >= 0.6 is 0 Å². The molecule has 0 spiro atoms. The van der Waals surface area contributed by atoms with Gasteiger partial charge in [-0.2, -0.15) is 0 Å². The number of carboxylic acid groups (broad SMARTS) is 2. The fourth-order valence-electron chi connectivity index (χ4n) is 0. The van der Waals surface area contributed by atoms with Gasteiger partial charge in [-0.15, -0.1) is 0 Å². The molecule has 11 heavy (non-hydrogen) atoms. The van der Waals surface area contributed by atoms with Crippen LogP contribution in [0.5, 0.6) is 0 Å². The van der Waals surface area contributed by atoms with Crippen molar-refractivity contribution in [2.75, 3.05) is 0 Å². The Hall–Kier alpha value is 0.0564. The predicted octanol–water partition coefficient (Wildman–Crippen LogP) is -0.135. The molecule has 0 aromatic heterocycles. The van der Waals surface area contributed by atoms with Gasteiger partial charge in [0.05, 0.1) is 0 Å². The zero-order valence-corrected chi connectivity index (χ0v) is 5.28. The first kappa shape index (κ1) is 17.2. The van der Waals surface area contributed by atoms with Crippen LogP contribution < -0.4 is 0 Å². The van der Waals surface area contributed by atoms with Gasteiger partial charge >= 0.3 is 63.3 Å². The predicted molar refractivity (Wildman–Crippen MR) is 42.8 cm³/mol. The van der Waals surface area contributed by atoms with E-state index < -0.39 is 11.9 Å². The van der Waals surface area contributed by atoms with E-state index in [4.69, 9.17) is 10.2 Å². The third-order valence-corrected chi connectivity index (χ3v) is 0.349. The molecule has 58 valence electrons. The Morgan fingerprint density at radius 1 is 1.00 bits per heavy atom. The molecule has 0 rings (SSSR count). The van der Waals surface area contributed by atoms with Crippen molar-refractivity contribution < 1.29 is 19.8 Å². The Morgan fingerprint density at radius 3 is 1.09 bits per heavy atom. The van der Waals surface area contributed by atoms with Crippen molar-refractivity contribution in [3.05, 3.63) is 25.3 Å². The van der Waals surface area contributed by atoms with Crippen LogP contribution in [0.3, 0.4) is 0 Å². The molecule has 0 unspecified atom stereocenters. The summed E-state index contributed by atoms with van der Waals surface area (Å²) < 4.78 is 0. The fraction of sp³-hybridized carbons (Fsp3) is 0. The van der Waals surface area contributed by atoms with Gasteiger partial charge in [0.25, 0.3) is 0 Å². The van der Waals surface area contributed by atoms with E-state index in [1.807, 2.05) is 0 Å². The van der Waals surface area contributed by atoms with E-state index in [2.05, 4.69) is 13.2 Å². The third kappa shape index (κ3) is 39.7. The van der Waals surface area contributed by atoms with Gasteiger partial charge in [0.2, 0.25) is 0 Å². The third-order valence-electron chi connectivity index (χ3n) is 0.349. The molecule has 0 bridgehead atoms. The molecule has 2 N–H and O–H groups in total. The van der Waals surface area contributed by atoms with Crippen LogP contribution in [-0.2, 0) is 9.59 Å². The fourth-order valence-corrected chi connectivity index (χ4v) is 0. The van der Waals surface area contributed by atoms with Crippen molar-refractivity contribution in [3.63, 3.8) is 0 Å². The molecule has 0 heterocycles. The summed E-state index contributed by atoms with van der Waals surface area (Å²) in [5.41, 5.74) is 0. The van der Waals surface area contributed by atoms with Crippen LogP contribution in [0, 0.1) is 0 Å². The standard InChI is InChI=1S/2C3H4O2.K.H/c2*1-2-3(4)5;;/h2*2H,1H2,(H,4,5);;. The second-order valence-electron chi connectivity index (χ2n) is 1.08. The summed E-state index contributed by atoms with van der Waals surface area (Å²) in [4.78, 5) is 18.5. The van der Waals surface area contributed by atoms with Crippen LogP contribution in [0.4, 0.5) is 0 Å². The Labute approximate surface area is 107 Å². The average molecular weight is 184 g/mol. The van der Waals surface area contributed by atoms with Crippen molar-refractivity contribution in [2.24, 2.45) is 0 Å². The van der Waals surface area contributed by atoms with Crippen LogP contribution in [0.1, 0.15) is 0 Å².